The fourth-order valence-electron chi connectivity index (χ4n) is 2.43. The van der Waals surface area contributed by atoms with E-state index in [1.54, 1.807) is 7.11 Å². The number of para-hydroxylation sites is 2. The highest BCUT2D eigenvalue weighted by atomic mass is 16.5. The summed E-state index contributed by atoms with van der Waals surface area (Å²) in [5, 5.41) is 3.49. The molecular formula is C16H25N3O. The monoisotopic (exact) mass is 275 g/mol. The van der Waals surface area contributed by atoms with Crippen molar-refractivity contribution in [3.05, 3.63) is 30.1 Å². The first-order valence-corrected chi connectivity index (χ1v) is 7.26. The van der Waals surface area contributed by atoms with Crippen LogP contribution in [0.4, 0.5) is 0 Å². The van der Waals surface area contributed by atoms with E-state index in [2.05, 4.69) is 49.0 Å². The molecule has 2 rings (SSSR count). The number of fused-ring (bicyclic) bond motifs is 1. The third-order valence-corrected chi connectivity index (χ3v) is 4.01. The minimum absolute atomic E-state index is 0.449. The van der Waals surface area contributed by atoms with Crippen LogP contribution >= 0.6 is 0 Å². The Kier molecular flexibility index (Phi) is 5.15. The molecule has 0 bridgehead atoms. The van der Waals surface area contributed by atoms with E-state index in [0.717, 1.165) is 30.9 Å². The number of imidazole rings is 1. The van der Waals surface area contributed by atoms with Crippen molar-refractivity contribution in [1.29, 1.82) is 0 Å². The molecule has 1 aromatic heterocycles. The highest BCUT2D eigenvalue weighted by Gasteiger charge is 2.16. The van der Waals surface area contributed by atoms with E-state index >= 15 is 0 Å². The molecule has 0 amide bonds. The van der Waals surface area contributed by atoms with E-state index < -0.39 is 0 Å². The summed E-state index contributed by atoms with van der Waals surface area (Å²) in [4.78, 5) is 4.74. The molecule has 0 spiro atoms. The maximum absolute atomic E-state index is 5.07. The van der Waals surface area contributed by atoms with Crippen LogP contribution in [0.15, 0.2) is 24.3 Å². The van der Waals surface area contributed by atoms with E-state index in [0.29, 0.717) is 12.0 Å². The zero-order chi connectivity index (χ0) is 14.5. The average molecular weight is 275 g/mol. The Bertz CT molecular complexity index is 550. The Labute approximate surface area is 121 Å². The van der Waals surface area contributed by atoms with Crippen molar-refractivity contribution < 1.29 is 4.74 Å². The van der Waals surface area contributed by atoms with Crippen LogP contribution in [0.3, 0.4) is 0 Å². The van der Waals surface area contributed by atoms with Gasteiger partial charge in [-0.05, 0) is 25.0 Å². The second-order valence-corrected chi connectivity index (χ2v) is 5.49. The lowest BCUT2D eigenvalue weighted by atomic mass is 9.99. The van der Waals surface area contributed by atoms with Crippen molar-refractivity contribution in [2.75, 3.05) is 20.3 Å². The van der Waals surface area contributed by atoms with Crippen LogP contribution in [0.25, 0.3) is 11.0 Å². The predicted octanol–water partition coefficient (Wildman–Crippen LogP) is 2.38. The molecule has 2 aromatic rings. The quantitative estimate of drug-likeness (QED) is 0.789. The van der Waals surface area contributed by atoms with Gasteiger partial charge in [-0.2, -0.15) is 0 Å². The summed E-state index contributed by atoms with van der Waals surface area (Å²) in [6, 6.07) is 8.74. The van der Waals surface area contributed by atoms with Crippen LogP contribution in [0, 0.1) is 5.92 Å². The smallest absolute Gasteiger partial charge is 0.109 e. The molecule has 4 heteroatoms. The molecule has 110 valence electrons. The molecule has 1 N–H and O–H groups in total. The number of hydrogen-bond acceptors (Lipinski definition) is 3. The lowest BCUT2D eigenvalue weighted by molar-refractivity contribution is 0.192. The minimum atomic E-state index is 0.449. The number of rotatable bonds is 7. The molecule has 2 unspecified atom stereocenters. The largest absolute Gasteiger partial charge is 0.383 e. The summed E-state index contributed by atoms with van der Waals surface area (Å²) >= 11 is 0. The number of ether oxygens (including phenoxy) is 1. The van der Waals surface area contributed by atoms with Crippen LogP contribution in [-0.2, 0) is 18.2 Å². The Morgan fingerprint density at radius 3 is 2.75 bits per heavy atom. The second kappa shape index (κ2) is 6.86. The highest BCUT2D eigenvalue weighted by Crippen LogP contribution is 2.18. The molecule has 0 saturated heterocycles. The molecule has 2 atom stereocenters. The van der Waals surface area contributed by atoms with Gasteiger partial charge in [-0.25, -0.2) is 4.98 Å². The zero-order valence-electron chi connectivity index (χ0n) is 12.9. The van der Waals surface area contributed by atoms with Gasteiger partial charge >= 0.3 is 0 Å². The van der Waals surface area contributed by atoms with Crippen LogP contribution in [0.2, 0.25) is 0 Å². The second-order valence-electron chi connectivity index (χ2n) is 5.49. The molecular weight excluding hydrogens is 250 g/mol. The lowest BCUT2D eigenvalue weighted by Crippen LogP contribution is -2.35. The van der Waals surface area contributed by atoms with Crippen molar-refractivity contribution in [2.45, 2.75) is 26.3 Å². The highest BCUT2D eigenvalue weighted by molar-refractivity contribution is 5.75. The molecule has 0 aliphatic heterocycles. The van der Waals surface area contributed by atoms with Gasteiger partial charge in [0.1, 0.15) is 5.82 Å². The summed E-state index contributed by atoms with van der Waals surface area (Å²) in [6.07, 6.45) is 0.979. The van der Waals surface area contributed by atoms with Crippen LogP contribution in [0.1, 0.15) is 19.7 Å². The Morgan fingerprint density at radius 2 is 2.05 bits per heavy atom. The Hall–Kier alpha value is -1.39. The van der Waals surface area contributed by atoms with E-state index in [4.69, 9.17) is 9.72 Å². The van der Waals surface area contributed by atoms with Gasteiger partial charge in [-0.3, -0.25) is 0 Å². The summed E-state index contributed by atoms with van der Waals surface area (Å²) in [5.41, 5.74) is 2.28. The van der Waals surface area contributed by atoms with E-state index in [9.17, 15) is 0 Å². The van der Waals surface area contributed by atoms with Gasteiger partial charge < -0.3 is 14.6 Å². The number of methoxy groups -OCH3 is 1. The minimum Gasteiger partial charge on any atom is -0.383 e. The normalized spacial score (nSPS) is 14.6. The standard InChI is InChI=1S/C16H25N3O/c1-12(13(2)17-9-10-20-4)11-16-18-14-7-5-6-8-15(14)19(16)3/h5-8,12-13,17H,9-11H2,1-4H3. The first-order valence-electron chi connectivity index (χ1n) is 7.26. The molecule has 20 heavy (non-hydrogen) atoms. The summed E-state index contributed by atoms with van der Waals surface area (Å²) in [7, 11) is 3.83. The van der Waals surface area contributed by atoms with Crippen molar-refractivity contribution in [3.8, 4) is 0 Å². The first-order chi connectivity index (χ1) is 9.63. The Morgan fingerprint density at radius 1 is 1.30 bits per heavy atom. The fraction of sp³-hybridized carbons (Fsp3) is 0.562. The number of aryl methyl sites for hydroxylation is 1. The zero-order valence-corrected chi connectivity index (χ0v) is 12.9. The molecule has 0 fully saturated rings. The maximum atomic E-state index is 5.07. The summed E-state index contributed by atoms with van der Waals surface area (Å²) in [6.45, 7) is 6.14. The van der Waals surface area contributed by atoms with Crippen LogP contribution in [-0.4, -0.2) is 35.9 Å². The molecule has 1 heterocycles. The topological polar surface area (TPSA) is 39.1 Å². The molecule has 1 aromatic carbocycles. The molecule has 0 saturated carbocycles. The number of benzene rings is 1. The van der Waals surface area contributed by atoms with Gasteiger partial charge in [0.25, 0.3) is 0 Å². The number of nitrogens with zero attached hydrogens (tertiary/aromatic N) is 2. The number of hydrogen-bond donors (Lipinski definition) is 1. The van der Waals surface area contributed by atoms with Gasteiger partial charge in [0.2, 0.25) is 0 Å². The van der Waals surface area contributed by atoms with E-state index in [1.165, 1.54) is 5.52 Å². The average Bonchev–Trinajstić information content (AvgIpc) is 2.76. The van der Waals surface area contributed by atoms with Gasteiger partial charge in [-0.1, -0.05) is 19.1 Å². The van der Waals surface area contributed by atoms with Crippen LogP contribution < -0.4 is 5.32 Å². The SMILES string of the molecule is COCCNC(C)C(C)Cc1nc2ccccc2n1C. The Balaban J connectivity index is 2.02. The maximum Gasteiger partial charge on any atom is 0.109 e. The van der Waals surface area contributed by atoms with Crippen molar-refractivity contribution in [2.24, 2.45) is 13.0 Å². The van der Waals surface area contributed by atoms with Gasteiger partial charge in [0.05, 0.1) is 17.6 Å². The fourth-order valence-corrected chi connectivity index (χ4v) is 2.43. The lowest BCUT2D eigenvalue weighted by Gasteiger charge is -2.21. The summed E-state index contributed by atoms with van der Waals surface area (Å²) < 4.78 is 7.27. The van der Waals surface area contributed by atoms with Gasteiger partial charge in [0.15, 0.2) is 0 Å². The first kappa shape index (κ1) is 15.0. The molecule has 0 aliphatic carbocycles. The third-order valence-electron chi connectivity index (χ3n) is 4.01. The van der Waals surface area contributed by atoms with Crippen LogP contribution in [0.5, 0.6) is 0 Å². The van der Waals surface area contributed by atoms with Gasteiger partial charge in [-0.15, -0.1) is 0 Å². The number of nitrogens with one attached hydrogen (secondary N) is 1. The van der Waals surface area contributed by atoms with E-state index in [1.807, 2.05) is 6.07 Å². The summed E-state index contributed by atoms with van der Waals surface area (Å²) in [5.74, 6) is 1.68. The van der Waals surface area contributed by atoms with E-state index in [-0.39, 0.29) is 0 Å². The van der Waals surface area contributed by atoms with Crippen molar-refractivity contribution >= 4 is 11.0 Å². The third kappa shape index (κ3) is 3.38. The predicted molar refractivity (Wildman–Crippen MR) is 82.9 cm³/mol. The molecule has 0 radical (unpaired) electrons. The molecule has 4 nitrogen and oxygen atoms in total. The molecule has 0 aliphatic rings. The van der Waals surface area contributed by atoms with Crippen molar-refractivity contribution in [1.82, 2.24) is 14.9 Å². The van der Waals surface area contributed by atoms with Gasteiger partial charge in [0, 0.05) is 33.2 Å². The van der Waals surface area contributed by atoms with Crippen molar-refractivity contribution in [3.63, 3.8) is 0 Å². The number of aromatic nitrogens is 2.